The maximum Gasteiger partial charge on any atom is 0.323 e. The topological polar surface area (TPSA) is 74.0 Å². The van der Waals surface area contributed by atoms with E-state index in [0.29, 0.717) is 13.2 Å². The molecular weight excluding hydrogens is 208 g/mol. The number of hydrogen-bond donors (Lipinski definition) is 2. The number of pyridine rings is 1. The minimum atomic E-state index is -0.197. The number of aromatic nitrogens is 3. The fourth-order valence-electron chi connectivity index (χ4n) is 1.96. The molecule has 0 amide bonds. The summed E-state index contributed by atoms with van der Waals surface area (Å²) in [5.41, 5.74) is 1.37. The molecule has 0 bridgehead atoms. The molecule has 0 unspecified atom stereocenters. The van der Waals surface area contributed by atoms with Crippen LogP contribution in [0.15, 0.2) is 17.1 Å². The molecule has 3 heterocycles. The second kappa shape index (κ2) is 3.64. The fraction of sp³-hybridized carbons (Fsp3) is 0.400. The van der Waals surface area contributed by atoms with Crippen molar-refractivity contribution in [1.82, 2.24) is 15.0 Å². The lowest BCUT2D eigenvalue weighted by Crippen LogP contribution is -2.36. The van der Waals surface area contributed by atoms with Gasteiger partial charge in [0.25, 0.3) is 0 Å². The van der Waals surface area contributed by atoms with E-state index < -0.39 is 0 Å². The summed E-state index contributed by atoms with van der Waals surface area (Å²) in [6.45, 7) is 3.01. The largest absolute Gasteiger partial charge is 0.378 e. The normalized spacial score (nSPS) is 16.9. The summed E-state index contributed by atoms with van der Waals surface area (Å²) < 4.78 is 5.29. The molecule has 16 heavy (non-hydrogen) atoms. The quantitative estimate of drug-likeness (QED) is 0.714. The highest BCUT2D eigenvalue weighted by atomic mass is 16.5. The minimum Gasteiger partial charge on any atom is -0.378 e. The van der Waals surface area contributed by atoms with Crippen molar-refractivity contribution in [1.29, 1.82) is 0 Å². The van der Waals surface area contributed by atoms with Crippen LogP contribution in [0.1, 0.15) is 0 Å². The van der Waals surface area contributed by atoms with E-state index in [1.807, 2.05) is 0 Å². The third kappa shape index (κ3) is 1.47. The van der Waals surface area contributed by atoms with E-state index in [1.165, 1.54) is 0 Å². The number of imidazole rings is 1. The molecule has 6 heteroatoms. The van der Waals surface area contributed by atoms with Crippen LogP contribution in [0.2, 0.25) is 0 Å². The zero-order valence-electron chi connectivity index (χ0n) is 8.69. The van der Waals surface area contributed by atoms with Gasteiger partial charge in [-0.25, -0.2) is 9.78 Å². The summed E-state index contributed by atoms with van der Waals surface area (Å²) in [6, 6.07) is 1.79. The lowest BCUT2D eigenvalue weighted by molar-refractivity contribution is 0.122. The maximum atomic E-state index is 11.2. The molecule has 2 aromatic heterocycles. The Morgan fingerprint density at radius 3 is 2.94 bits per heavy atom. The zero-order valence-corrected chi connectivity index (χ0v) is 8.69. The van der Waals surface area contributed by atoms with Crippen LogP contribution in [0.3, 0.4) is 0 Å². The number of rotatable bonds is 1. The van der Waals surface area contributed by atoms with Crippen molar-refractivity contribution in [2.45, 2.75) is 0 Å². The van der Waals surface area contributed by atoms with Crippen molar-refractivity contribution in [2.24, 2.45) is 0 Å². The molecule has 0 aromatic carbocycles. The van der Waals surface area contributed by atoms with Crippen LogP contribution in [-0.2, 0) is 4.74 Å². The Kier molecular flexibility index (Phi) is 2.14. The van der Waals surface area contributed by atoms with Crippen molar-refractivity contribution in [3.8, 4) is 0 Å². The van der Waals surface area contributed by atoms with Crippen molar-refractivity contribution < 1.29 is 4.74 Å². The van der Waals surface area contributed by atoms with E-state index >= 15 is 0 Å². The van der Waals surface area contributed by atoms with Gasteiger partial charge in [0.15, 0.2) is 5.82 Å². The molecule has 2 N–H and O–H groups in total. The summed E-state index contributed by atoms with van der Waals surface area (Å²) in [4.78, 5) is 23.2. The molecule has 3 rings (SSSR count). The zero-order chi connectivity index (χ0) is 11.0. The summed E-state index contributed by atoms with van der Waals surface area (Å²) in [5, 5.41) is 0. The molecule has 0 atom stereocenters. The van der Waals surface area contributed by atoms with Gasteiger partial charge >= 0.3 is 5.69 Å². The van der Waals surface area contributed by atoms with E-state index in [0.717, 1.165) is 29.9 Å². The van der Waals surface area contributed by atoms with Gasteiger partial charge < -0.3 is 19.6 Å². The summed E-state index contributed by atoms with van der Waals surface area (Å²) in [5.74, 6) is 0.819. The Bertz CT molecular complexity index is 553. The molecule has 0 spiro atoms. The van der Waals surface area contributed by atoms with Gasteiger partial charge in [-0.1, -0.05) is 0 Å². The number of morpholine rings is 1. The van der Waals surface area contributed by atoms with Gasteiger partial charge in [-0.3, -0.25) is 0 Å². The van der Waals surface area contributed by atoms with Crippen LogP contribution in [0.4, 0.5) is 5.82 Å². The van der Waals surface area contributed by atoms with Crippen LogP contribution >= 0.6 is 0 Å². The Labute approximate surface area is 91.3 Å². The van der Waals surface area contributed by atoms with Crippen LogP contribution in [0.5, 0.6) is 0 Å². The van der Waals surface area contributed by atoms with Gasteiger partial charge in [-0.2, -0.15) is 0 Å². The first-order chi connectivity index (χ1) is 7.84. The van der Waals surface area contributed by atoms with Crippen molar-refractivity contribution in [3.05, 3.63) is 22.7 Å². The van der Waals surface area contributed by atoms with Crippen LogP contribution in [-0.4, -0.2) is 41.3 Å². The molecule has 0 saturated carbocycles. The smallest absolute Gasteiger partial charge is 0.323 e. The second-order valence-electron chi connectivity index (χ2n) is 3.74. The summed E-state index contributed by atoms with van der Waals surface area (Å²) in [6.07, 6.45) is 1.71. The summed E-state index contributed by atoms with van der Waals surface area (Å²) >= 11 is 0. The summed E-state index contributed by atoms with van der Waals surface area (Å²) in [7, 11) is 0. The Balaban J connectivity index is 2.11. The van der Waals surface area contributed by atoms with Crippen molar-refractivity contribution in [2.75, 3.05) is 31.2 Å². The minimum absolute atomic E-state index is 0.197. The van der Waals surface area contributed by atoms with Gasteiger partial charge in [0.05, 0.1) is 18.7 Å². The number of nitrogens with one attached hydrogen (secondary N) is 2. The van der Waals surface area contributed by atoms with Gasteiger partial charge in [0, 0.05) is 19.3 Å². The van der Waals surface area contributed by atoms with Crippen LogP contribution in [0, 0.1) is 0 Å². The number of ether oxygens (including phenoxy) is 1. The molecule has 1 aliphatic rings. The van der Waals surface area contributed by atoms with Gasteiger partial charge in [0.2, 0.25) is 0 Å². The Morgan fingerprint density at radius 2 is 2.12 bits per heavy atom. The van der Waals surface area contributed by atoms with E-state index in [-0.39, 0.29) is 5.69 Å². The van der Waals surface area contributed by atoms with Crippen molar-refractivity contribution >= 4 is 16.9 Å². The molecule has 0 radical (unpaired) electrons. The first-order valence-corrected chi connectivity index (χ1v) is 5.24. The van der Waals surface area contributed by atoms with Gasteiger partial charge in [0.1, 0.15) is 5.52 Å². The molecule has 84 valence electrons. The molecule has 2 aromatic rings. The molecular formula is C10H12N4O2. The number of hydrogen-bond acceptors (Lipinski definition) is 4. The lowest BCUT2D eigenvalue weighted by atomic mass is 10.3. The van der Waals surface area contributed by atoms with E-state index in [1.54, 1.807) is 12.3 Å². The average molecular weight is 220 g/mol. The van der Waals surface area contributed by atoms with Crippen LogP contribution in [0.25, 0.3) is 11.0 Å². The number of fused-ring (bicyclic) bond motifs is 1. The molecule has 1 fully saturated rings. The van der Waals surface area contributed by atoms with Gasteiger partial charge in [-0.15, -0.1) is 0 Å². The van der Waals surface area contributed by atoms with Gasteiger partial charge in [-0.05, 0) is 6.07 Å². The predicted octanol–water partition coefficient (Wildman–Crippen LogP) is 0.0878. The van der Waals surface area contributed by atoms with Crippen LogP contribution < -0.4 is 10.6 Å². The standard InChI is InChI=1S/C10H12N4O2/c15-10-12-7-1-2-11-9(8(7)13-10)14-3-5-16-6-4-14/h1-2H,3-6H2,(H2,12,13,15). The van der Waals surface area contributed by atoms with E-state index in [9.17, 15) is 4.79 Å². The molecule has 1 aliphatic heterocycles. The monoisotopic (exact) mass is 220 g/mol. The highest BCUT2D eigenvalue weighted by Crippen LogP contribution is 2.20. The Morgan fingerprint density at radius 1 is 1.31 bits per heavy atom. The molecule has 6 nitrogen and oxygen atoms in total. The maximum absolute atomic E-state index is 11.2. The first-order valence-electron chi connectivity index (χ1n) is 5.24. The molecule has 1 saturated heterocycles. The average Bonchev–Trinajstić information content (AvgIpc) is 2.70. The first kappa shape index (κ1) is 9.41. The SMILES string of the molecule is O=c1[nH]c2ccnc(N3CCOCC3)c2[nH]1. The second-order valence-corrected chi connectivity index (χ2v) is 3.74. The third-order valence-corrected chi connectivity index (χ3v) is 2.73. The number of nitrogens with zero attached hydrogens (tertiary/aromatic N) is 2. The number of aromatic amines is 2. The number of anilines is 1. The molecule has 0 aliphatic carbocycles. The van der Waals surface area contributed by atoms with E-state index in [2.05, 4.69) is 19.9 Å². The predicted molar refractivity (Wildman–Crippen MR) is 59.7 cm³/mol. The number of H-pyrrole nitrogens is 2. The van der Waals surface area contributed by atoms with Crippen molar-refractivity contribution in [3.63, 3.8) is 0 Å². The Hall–Kier alpha value is -1.82. The fourth-order valence-corrected chi connectivity index (χ4v) is 1.96. The third-order valence-electron chi connectivity index (χ3n) is 2.73. The van der Waals surface area contributed by atoms with E-state index in [4.69, 9.17) is 4.74 Å². The lowest BCUT2D eigenvalue weighted by Gasteiger charge is -2.27. The highest BCUT2D eigenvalue weighted by Gasteiger charge is 2.16. The highest BCUT2D eigenvalue weighted by molar-refractivity contribution is 5.85.